The first-order valence-electron chi connectivity index (χ1n) is 7.55. The minimum Gasteiger partial charge on any atom is -0.487 e. The minimum atomic E-state index is 0.0684. The van der Waals surface area contributed by atoms with E-state index in [4.69, 9.17) is 27.9 Å². The second kappa shape index (κ2) is 8.30. The van der Waals surface area contributed by atoms with E-state index in [0.717, 1.165) is 19.5 Å². The van der Waals surface area contributed by atoms with Crippen molar-refractivity contribution in [3.05, 3.63) is 58.6 Å². The van der Waals surface area contributed by atoms with Crippen LogP contribution in [0.5, 0.6) is 5.75 Å². The molecule has 0 N–H and O–H groups in total. The van der Waals surface area contributed by atoms with E-state index in [1.807, 2.05) is 12.1 Å². The smallest absolute Gasteiger partial charge is 0.138 e. The van der Waals surface area contributed by atoms with Crippen molar-refractivity contribution in [2.24, 2.45) is 0 Å². The number of likely N-dealkylation sites (N-methyl/N-ethyl adjacent to an activating group) is 1. The molecule has 0 aromatic heterocycles. The summed E-state index contributed by atoms with van der Waals surface area (Å²) >= 11 is 12.1. The van der Waals surface area contributed by atoms with Crippen LogP contribution >= 0.6 is 23.2 Å². The quantitative estimate of drug-likeness (QED) is 0.644. The summed E-state index contributed by atoms with van der Waals surface area (Å²) in [5.74, 6) is 0.682. The van der Waals surface area contributed by atoms with Crippen molar-refractivity contribution >= 4 is 28.9 Å². The van der Waals surface area contributed by atoms with Gasteiger partial charge in [-0.05, 0) is 43.7 Å². The van der Waals surface area contributed by atoms with Gasteiger partial charge in [-0.25, -0.2) is 0 Å². The van der Waals surface area contributed by atoms with Crippen LogP contribution in [0.25, 0.3) is 0 Å². The van der Waals surface area contributed by atoms with Gasteiger partial charge in [0.2, 0.25) is 0 Å². The van der Waals surface area contributed by atoms with Gasteiger partial charge in [0, 0.05) is 17.3 Å². The molecule has 2 nitrogen and oxygen atoms in total. The molecule has 0 aliphatic rings. The molecule has 4 heteroatoms. The van der Waals surface area contributed by atoms with Gasteiger partial charge in [-0.15, -0.1) is 0 Å². The number of anilines is 1. The third-order valence-corrected chi connectivity index (χ3v) is 4.10. The maximum Gasteiger partial charge on any atom is 0.138 e. The lowest BCUT2D eigenvalue weighted by molar-refractivity contribution is 0.202. The lowest BCUT2D eigenvalue weighted by Gasteiger charge is -2.28. The first-order chi connectivity index (χ1) is 10.6. The highest BCUT2D eigenvalue weighted by Crippen LogP contribution is 2.29. The van der Waals surface area contributed by atoms with E-state index in [-0.39, 0.29) is 6.10 Å². The van der Waals surface area contributed by atoms with Gasteiger partial charge in [0.05, 0.1) is 11.6 Å². The van der Waals surface area contributed by atoms with E-state index in [9.17, 15) is 0 Å². The number of benzene rings is 2. The molecule has 2 rings (SSSR count). The third-order valence-electron chi connectivity index (χ3n) is 3.57. The highest BCUT2D eigenvalue weighted by Gasteiger charge is 2.15. The van der Waals surface area contributed by atoms with Gasteiger partial charge >= 0.3 is 0 Å². The van der Waals surface area contributed by atoms with Crippen molar-refractivity contribution in [1.82, 2.24) is 0 Å². The highest BCUT2D eigenvalue weighted by molar-refractivity contribution is 6.35. The molecule has 0 amide bonds. The maximum atomic E-state index is 6.19. The molecular formula is C18H21Cl2NO. The molecule has 1 unspecified atom stereocenters. The molecule has 0 saturated heterocycles. The van der Waals surface area contributed by atoms with Crippen molar-refractivity contribution < 1.29 is 4.74 Å². The summed E-state index contributed by atoms with van der Waals surface area (Å²) in [4.78, 5) is 2.30. The second-order valence-corrected chi connectivity index (χ2v) is 5.94. The topological polar surface area (TPSA) is 12.5 Å². The fraction of sp³-hybridized carbons (Fsp3) is 0.333. The second-order valence-electron chi connectivity index (χ2n) is 5.10. The van der Waals surface area contributed by atoms with Crippen molar-refractivity contribution in [2.75, 3.05) is 18.0 Å². The van der Waals surface area contributed by atoms with Crippen molar-refractivity contribution in [1.29, 1.82) is 0 Å². The zero-order chi connectivity index (χ0) is 15.9. The number of hydrogen-bond acceptors (Lipinski definition) is 2. The summed E-state index contributed by atoms with van der Waals surface area (Å²) in [7, 11) is 0. The zero-order valence-corrected chi connectivity index (χ0v) is 14.4. The molecule has 0 aliphatic carbocycles. The fourth-order valence-corrected chi connectivity index (χ4v) is 2.75. The summed E-state index contributed by atoms with van der Waals surface area (Å²) in [6, 6.07) is 15.7. The van der Waals surface area contributed by atoms with Gasteiger partial charge in [0.1, 0.15) is 11.9 Å². The van der Waals surface area contributed by atoms with Crippen LogP contribution in [0.4, 0.5) is 5.69 Å². The Kier molecular flexibility index (Phi) is 6.41. The monoisotopic (exact) mass is 337 g/mol. The fourth-order valence-electron chi connectivity index (χ4n) is 2.30. The van der Waals surface area contributed by atoms with Gasteiger partial charge in [-0.2, -0.15) is 0 Å². The van der Waals surface area contributed by atoms with Crippen LogP contribution in [0, 0.1) is 0 Å². The molecule has 1 atom stereocenters. The highest BCUT2D eigenvalue weighted by atomic mass is 35.5. The van der Waals surface area contributed by atoms with E-state index >= 15 is 0 Å². The normalized spacial score (nSPS) is 12.0. The minimum absolute atomic E-state index is 0.0684. The largest absolute Gasteiger partial charge is 0.487 e. The number of halogens is 2. The van der Waals surface area contributed by atoms with Crippen LogP contribution in [-0.2, 0) is 0 Å². The maximum absolute atomic E-state index is 6.19. The van der Waals surface area contributed by atoms with Crippen LogP contribution in [0.3, 0.4) is 0 Å². The van der Waals surface area contributed by atoms with Crippen molar-refractivity contribution in [3.63, 3.8) is 0 Å². The Morgan fingerprint density at radius 1 is 1.05 bits per heavy atom. The van der Waals surface area contributed by atoms with Crippen LogP contribution in [-0.4, -0.2) is 19.2 Å². The number of hydrogen-bond donors (Lipinski definition) is 0. The summed E-state index contributed by atoms with van der Waals surface area (Å²) in [6.45, 7) is 6.01. The molecule has 2 aromatic rings. The average molecular weight is 338 g/mol. The van der Waals surface area contributed by atoms with Gasteiger partial charge in [-0.3, -0.25) is 0 Å². The van der Waals surface area contributed by atoms with Crippen LogP contribution in [0.2, 0.25) is 10.0 Å². The Bertz CT molecular complexity index is 589. The molecule has 0 spiro atoms. The Morgan fingerprint density at radius 2 is 1.77 bits per heavy atom. The van der Waals surface area contributed by atoms with Crippen molar-refractivity contribution in [3.8, 4) is 5.75 Å². The number of rotatable bonds is 7. The van der Waals surface area contributed by atoms with Crippen LogP contribution < -0.4 is 9.64 Å². The van der Waals surface area contributed by atoms with Gasteiger partial charge in [0.15, 0.2) is 0 Å². The van der Waals surface area contributed by atoms with E-state index in [1.54, 1.807) is 12.1 Å². The van der Waals surface area contributed by atoms with Crippen LogP contribution in [0.1, 0.15) is 20.3 Å². The summed E-state index contributed by atoms with van der Waals surface area (Å²) < 4.78 is 6.07. The molecule has 2 aromatic carbocycles. The average Bonchev–Trinajstić information content (AvgIpc) is 2.54. The van der Waals surface area contributed by atoms with Crippen LogP contribution in [0.15, 0.2) is 48.5 Å². The number of ether oxygens (including phenoxy) is 1. The Balaban J connectivity index is 2.08. The molecule has 0 fully saturated rings. The molecule has 0 aliphatic heterocycles. The SMILES string of the molecule is CCC(CN(CC)c1ccccc1)Oc1ccc(Cl)cc1Cl. The molecule has 118 valence electrons. The summed E-state index contributed by atoms with van der Waals surface area (Å²) in [5, 5.41) is 1.17. The molecule has 0 radical (unpaired) electrons. The van der Waals surface area contributed by atoms with E-state index in [2.05, 4.69) is 43.0 Å². The number of nitrogens with zero attached hydrogens (tertiary/aromatic N) is 1. The zero-order valence-electron chi connectivity index (χ0n) is 12.9. The van der Waals surface area contributed by atoms with Gasteiger partial charge in [0.25, 0.3) is 0 Å². The first kappa shape index (κ1) is 17.0. The van der Waals surface area contributed by atoms with Crippen molar-refractivity contribution in [2.45, 2.75) is 26.4 Å². The predicted octanol–water partition coefficient (Wildman–Crippen LogP) is 5.68. The van der Waals surface area contributed by atoms with Gasteiger partial charge in [-0.1, -0.05) is 48.3 Å². The standard InChI is InChI=1S/C18H21Cl2NO/c1-3-16(22-18-11-10-14(19)12-17(18)20)13-21(4-2)15-8-6-5-7-9-15/h5-12,16H,3-4,13H2,1-2H3. The lowest BCUT2D eigenvalue weighted by Crippen LogP contribution is -2.35. The third kappa shape index (κ3) is 4.56. The molecule has 0 heterocycles. The molecule has 0 bridgehead atoms. The van der Waals surface area contributed by atoms with Gasteiger partial charge < -0.3 is 9.64 Å². The lowest BCUT2D eigenvalue weighted by atomic mass is 10.2. The Morgan fingerprint density at radius 3 is 2.36 bits per heavy atom. The first-order valence-corrected chi connectivity index (χ1v) is 8.31. The van der Waals surface area contributed by atoms with E-state index in [0.29, 0.717) is 15.8 Å². The molecule has 0 saturated carbocycles. The molecular weight excluding hydrogens is 317 g/mol. The van der Waals surface area contributed by atoms with E-state index in [1.165, 1.54) is 5.69 Å². The Labute approximate surface area is 142 Å². The predicted molar refractivity (Wildman–Crippen MR) is 95.5 cm³/mol. The molecule has 22 heavy (non-hydrogen) atoms. The Hall–Kier alpha value is -1.38. The summed E-state index contributed by atoms with van der Waals surface area (Å²) in [5.41, 5.74) is 1.20. The van der Waals surface area contributed by atoms with E-state index < -0.39 is 0 Å². The number of para-hydroxylation sites is 1. The summed E-state index contributed by atoms with van der Waals surface area (Å²) in [6.07, 6.45) is 0.973.